The highest BCUT2D eigenvalue weighted by Gasteiger charge is 2.16. The average Bonchev–Trinajstić information content (AvgIpc) is 2.62. The second-order valence-electron chi connectivity index (χ2n) is 5.15. The number of unbranched alkanes of at least 4 members (excludes halogenated alkanes) is 1. The van der Waals surface area contributed by atoms with Gasteiger partial charge in [-0.25, -0.2) is 0 Å². The first-order valence-corrected chi connectivity index (χ1v) is 7.12. The van der Waals surface area contributed by atoms with Gasteiger partial charge in [-0.05, 0) is 59.7 Å². The molecule has 1 saturated heterocycles. The van der Waals surface area contributed by atoms with Crippen LogP contribution in [0.15, 0.2) is 4.52 Å². The predicted octanol–water partition coefficient (Wildman–Crippen LogP) is 2.60. The maximum atomic E-state index is 5.25. The third-order valence-electron chi connectivity index (χ3n) is 3.79. The summed E-state index contributed by atoms with van der Waals surface area (Å²) in [6.45, 7) is 12.2. The molecule has 2 heterocycles. The molecule has 0 aromatic carbocycles. The van der Waals surface area contributed by atoms with Gasteiger partial charge in [0.25, 0.3) is 0 Å². The highest BCUT2D eigenvalue weighted by atomic mass is 16.5. The van der Waals surface area contributed by atoms with Crippen LogP contribution >= 0.6 is 0 Å². The largest absolute Gasteiger partial charge is 0.367 e. The maximum absolute atomic E-state index is 5.25. The summed E-state index contributed by atoms with van der Waals surface area (Å²) in [5, 5.41) is 4.04. The monoisotopic (exact) mass is 251 g/mol. The Morgan fingerprint density at radius 2 is 2.06 bits per heavy atom. The smallest absolute Gasteiger partial charge is 0.157 e. The molecule has 4 heteroatoms. The number of rotatable bonds is 7. The fourth-order valence-corrected chi connectivity index (χ4v) is 2.60. The zero-order valence-corrected chi connectivity index (χ0v) is 11.9. The summed E-state index contributed by atoms with van der Waals surface area (Å²) in [5.41, 5.74) is 2.21. The van der Waals surface area contributed by atoms with Gasteiger partial charge in [0.15, 0.2) is 5.76 Å². The van der Waals surface area contributed by atoms with Crippen LogP contribution in [-0.4, -0.2) is 42.8 Å². The fraction of sp³-hybridized carbons (Fsp3) is 0.786. The third-order valence-corrected chi connectivity index (χ3v) is 3.79. The van der Waals surface area contributed by atoms with Gasteiger partial charge < -0.3 is 14.3 Å². The van der Waals surface area contributed by atoms with E-state index in [1.807, 2.05) is 13.8 Å². The van der Waals surface area contributed by atoms with Crippen molar-refractivity contribution in [3.63, 3.8) is 0 Å². The van der Waals surface area contributed by atoms with Gasteiger partial charge in [-0.3, -0.25) is 0 Å². The van der Waals surface area contributed by atoms with Crippen molar-refractivity contribution in [2.24, 2.45) is 0 Å². The number of likely N-dealkylation sites (tertiary alicyclic amines) is 1. The van der Waals surface area contributed by atoms with E-state index in [1.54, 1.807) is 0 Å². The van der Waals surface area contributed by atoms with E-state index in [4.69, 9.17) is 4.52 Å². The van der Waals surface area contributed by atoms with Crippen LogP contribution in [-0.2, 0) is 0 Å². The first kappa shape index (κ1) is 13.4. The molecule has 0 spiro atoms. The lowest BCUT2D eigenvalue weighted by Crippen LogP contribution is -2.38. The van der Waals surface area contributed by atoms with E-state index in [-0.39, 0.29) is 0 Å². The molecular weight excluding hydrogens is 226 g/mol. The zero-order chi connectivity index (χ0) is 13.0. The van der Waals surface area contributed by atoms with E-state index in [2.05, 4.69) is 21.9 Å². The first-order valence-electron chi connectivity index (χ1n) is 7.12. The number of hydrogen-bond acceptors (Lipinski definition) is 4. The lowest BCUT2D eigenvalue weighted by Gasteiger charge is -2.31. The summed E-state index contributed by atoms with van der Waals surface area (Å²) in [7, 11) is 0. The average molecular weight is 251 g/mol. The van der Waals surface area contributed by atoms with Gasteiger partial charge in [0.05, 0.1) is 0 Å². The minimum absolute atomic E-state index is 0.942. The lowest BCUT2D eigenvalue weighted by atomic mass is 10.2. The molecule has 1 aliphatic rings. The molecule has 1 aliphatic heterocycles. The molecule has 4 nitrogen and oxygen atoms in total. The summed E-state index contributed by atoms with van der Waals surface area (Å²) in [4.78, 5) is 4.92. The minimum atomic E-state index is 0.942. The minimum Gasteiger partial charge on any atom is -0.367 e. The molecule has 102 valence electrons. The van der Waals surface area contributed by atoms with Gasteiger partial charge in [-0.2, -0.15) is 0 Å². The number of anilines is 1. The van der Waals surface area contributed by atoms with Crippen molar-refractivity contribution in [3.05, 3.63) is 11.5 Å². The van der Waals surface area contributed by atoms with Crippen molar-refractivity contribution in [1.82, 2.24) is 10.1 Å². The van der Waals surface area contributed by atoms with Crippen molar-refractivity contribution >= 4 is 5.69 Å². The van der Waals surface area contributed by atoms with Crippen LogP contribution in [0, 0.1) is 13.8 Å². The first-order chi connectivity index (χ1) is 8.72. The van der Waals surface area contributed by atoms with E-state index < -0.39 is 0 Å². The van der Waals surface area contributed by atoms with E-state index in [1.165, 1.54) is 44.6 Å². The molecule has 0 aliphatic carbocycles. The number of aryl methyl sites for hydroxylation is 2. The molecule has 1 fully saturated rings. The second kappa shape index (κ2) is 6.23. The van der Waals surface area contributed by atoms with Crippen LogP contribution in [0.3, 0.4) is 0 Å². The Kier molecular flexibility index (Phi) is 4.64. The number of hydrogen-bond donors (Lipinski definition) is 0. The Bertz CT molecular complexity index is 352. The molecule has 1 aromatic rings. The normalized spacial score (nSPS) is 15.7. The van der Waals surface area contributed by atoms with Crippen molar-refractivity contribution in [2.45, 2.75) is 40.0 Å². The summed E-state index contributed by atoms with van der Waals surface area (Å²) in [6.07, 6.45) is 3.93. The Hall–Kier alpha value is -1.03. The van der Waals surface area contributed by atoms with Gasteiger partial charge in [-0.15, -0.1) is 0 Å². The fourth-order valence-electron chi connectivity index (χ4n) is 2.60. The van der Waals surface area contributed by atoms with E-state index >= 15 is 0 Å². The van der Waals surface area contributed by atoms with Crippen LogP contribution in [0.2, 0.25) is 0 Å². The summed E-state index contributed by atoms with van der Waals surface area (Å²) in [5.74, 6) is 0.942. The van der Waals surface area contributed by atoms with Gasteiger partial charge >= 0.3 is 0 Å². The van der Waals surface area contributed by atoms with E-state index in [0.29, 0.717) is 0 Å². The molecule has 18 heavy (non-hydrogen) atoms. The molecule has 0 unspecified atom stereocenters. The Balaban J connectivity index is 1.78. The molecule has 2 rings (SSSR count). The standard InChI is InChI=1S/C14H25N3O/c1-4-17(14-12(2)15-18-13(14)3)11-6-5-8-16-9-7-10-16/h4-11H2,1-3H3. The van der Waals surface area contributed by atoms with Crippen molar-refractivity contribution < 1.29 is 4.52 Å². The quantitative estimate of drug-likeness (QED) is 0.697. The van der Waals surface area contributed by atoms with Gasteiger partial charge in [0, 0.05) is 13.1 Å². The van der Waals surface area contributed by atoms with Crippen LogP contribution < -0.4 is 4.90 Å². The third kappa shape index (κ3) is 3.05. The van der Waals surface area contributed by atoms with Gasteiger partial charge in [-0.1, -0.05) is 5.16 Å². The molecule has 0 saturated carbocycles. The van der Waals surface area contributed by atoms with Crippen LogP contribution in [0.4, 0.5) is 5.69 Å². The predicted molar refractivity (Wildman–Crippen MR) is 74.2 cm³/mol. The second-order valence-corrected chi connectivity index (χ2v) is 5.15. The van der Waals surface area contributed by atoms with Crippen LogP contribution in [0.25, 0.3) is 0 Å². The topological polar surface area (TPSA) is 32.5 Å². The molecule has 0 bridgehead atoms. The van der Waals surface area contributed by atoms with Crippen LogP contribution in [0.1, 0.15) is 37.6 Å². The SMILES string of the molecule is CCN(CCCCN1CCC1)c1c(C)noc1C. The molecular formula is C14H25N3O. The Morgan fingerprint density at radius 3 is 2.56 bits per heavy atom. The molecule has 1 aromatic heterocycles. The van der Waals surface area contributed by atoms with E-state index in [0.717, 1.165) is 24.5 Å². The molecule has 0 amide bonds. The lowest BCUT2D eigenvalue weighted by molar-refractivity contribution is 0.178. The molecule has 0 radical (unpaired) electrons. The van der Waals surface area contributed by atoms with Crippen molar-refractivity contribution in [1.29, 1.82) is 0 Å². The summed E-state index contributed by atoms with van der Waals surface area (Å²) in [6, 6.07) is 0. The summed E-state index contributed by atoms with van der Waals surface area (Å²) < 4.78 is 5.25. The van der Waals surface area contributed by atoms with E-state index in [9.17, 15) is 0 Å². The van der Waals surface area contributed by atoms with Crippen molar-refractivity contribution in [2.75, 3.05) is 37.6 Å². The number of nitrogens with zero attached hydrogens (tertiary/aromatic N) is 3. The summed E-state index contributed by atoms with van der Waals surface area (Å²) >= 11 is 0. The molecule has 0 atom stereocenters. The Morgan fingerprint density at radius 1 is 1.28 bits per heavy atom. The maximum Gasteiger partial charge on any atom is 0.157 e. The number of aromatic nitrogens is 1. The van der Waals surface area contributed by atoms with Crippen LogP contribution in [0.5, 0.6) is 0 Å². The Labute approximate surface area is 110 Å². The molecule has 0 N–H and O–H groups in total. The zero-order valence-electron chi connectivity index (χ0n) is 11.9. The highest BCUT2D eigenvalue weighted by molar-refractivity contribution is 5.52. The van der Waals surface area contributed by atoms with Gasteiger partial charge in [0.1, 0.15) is 11.4 Å². The van der Waals surface area contributed by atoms with Crippen molar-refractivity contribution in [3.8, 4) is 0 Å². The highest BCUT2D eigenvalue weighted by Crippen LogP contribution is 2.24. The van der Waals surface area contributed by atoms with Gasteiger partial charge in [0.2, 0.25) is 0 Å².